The highest BCUT2D eigenvalue weighted by Crippen LogP contribution is 2.43. The number of nitriles is 1. The Bertz CT molecular complexity index is 688. The largest absolute Gasteiger partial charge is 0.444 e. The highest BCUT2D eigenvalue weighted by molar-refractivity contribution is 5.69. The fraction of sp³-hybridized carbons (Fsp3) is 0.600. The Morgan fingerprint density at radius 2 is 1.92 bits per heavy atom. The zero-order chi connectivity index (χ0) is 18.2. The molecule has 2 heterocycles. The third-order valence-electron chi connectivity index (χ3n) is 5.11. The van der Waals surface area contributed by atoms with Crippen LogP contribution in [0, 0.1) is 11.3 Å². The summed E-state index contributed by atoms with van der Waals surface area (Å²) in [6.07, 6.45) is 3.02. The number of hydrogen-bond acceptors (Lipinski definition) is 4. The van der Waals surface area contributed by atoms with Crippen LogP contribution < -0.4 is 0 Å². The van der Waals surface area contributed by atoms with Crippen LogP contribution in [0.15, 0.2) is 24.3 Å². The highest BCUT2D eigenvalue weighted by atomic mass is 16.6. The molecule has 0 saturated carbocycles. The van der Waals surface area contributed by atoms with Gasteiger partial charge in [0.2, 0.25) is 0 Å². The van der Waals surface area contributed by atoms with Gasteiger partial charge in [0.1, 0.15) is 5.60 Å². The van der Waals surface area contributed by atoms with Crippen LogP contribution >= 0.6 is 0 Å². The van der Waals surface area contributed by atoms with Gasteiger partial charge in [-0.1, -0.05) is 18.2 Å². The van der Waals surface area contributed by atoms with Crippen LogP contribution in [-0.2, 0) is 11.2 Å². The van der Waals surface area contributed by atoms with E-state index < -0.39 is 11.2 Å². The molecule has 0 aromatic heterocycles. The van der Waals surface area contributed by atoms with E-state index in [0.717, 1.165) is 18.4 Å². The SMILES string of the molecule is CC(C)(C)OC(=O)N1C2CCC1CC(O)(Cc1ccccc1C#N)C2. The number of benzene rings is 1. The molecule has 1 N–H and O–H groups in total. The van der Waals surface area contributed by atoms with Gasteiger partial charge in [0.25, 0.3) is 0 Å². The number of carbonyl (C=O) groups excluding carboxylic acids is 1. The van der Waals surface area contributed by atoms with Crippen molar-refractivity contribution in [3.63, 3.8) is 0 Å². The first-order valence-corrected chi connectivity index (χ1v) is 8.92. The predicted molar refractivity (Wildman–Crippen MR) is 93.9 cm³/mol. The zero-order valence-corrected chi connectivity index (χ0v) is 15.2. The second kappa shape index (κ2) is 6.34. The molecule has 2 aliphatic rings. The minimum Gasteiger partial charge on any atom is -0.444 e. The molecule has 134 valence electrons. The van der Waals surface area contributed by atoms with Gasteiger partial charge in [0.15, 0.2) is 0 Å². The average Bonchev–Trinajstić information content (AvgIpc) is 2.79. The lowest BCUT2D eigenvalue weighted by molar-refractivity contribution is -0.0579. The predicted octanol–water partition coefficient (Wildman–Crippen LogP) is 3.39. The van der Waals surface area contributed by atoms with Crippen LogP contribution in [-0.4, -0.2) is 39.4 Å². The monoisotopic (exact) mass is 342 g/mol. The van der Waals surface area contributed by atoms with Crippen molar-refractivity contribution in [3.8, 4) is 6.07 Å². The molecule has 25 heavy (non-hydrogen) atoms. The number of amides is 1. The first-order valence-electron chi connectivity index (χ1n) is 8.92. The fourth-order valence-electron chi connectivity index (χ4n) is 4.22. The van der Waals surface area contributed by atoms with E-state index in [9.17, 15) is 15.2 Å². The molecule has 2 saturated heterocycles. The molecule has 5 nitrogen and oxygen atoms in total. The van der Waals surface area contributed by atoms with E-state index in [1.807, 2.05) is 43.9 Å². The Hall–Kier alpha value is -2.06. The minimum absolute atomic E-state index is 0.00727. The van der Waals surface area contributed by atoms with E-state index in [1.54, 1.807) is 6.07 Å². The molecule has 0 radical (unpaired) electrons. The summed E-state index contributed by atoms with van der Waals surface area (Å²) in [6.45, 7) is 5.60. The van der Waals surface area contributed by atoms with E-state index in [1.165, 1.54) is 0 Å². The highest BCUT2D eigenvalue weighted by Gasteiger charge is 2.50. The van der Waals surface area contributed by atoms with E-state index in [-0.39, 0.29) is 18.2 Å². The normalized spacial score (nSPS) is 28.5. The molecule has 2 atom stereocenters. The molecular formula is C20H26N2O3. The average molecular weight is 342 g/mol. The molecule has 1 aromatic carbocycles. The lowest BCUT2D eigenvalue weighted by atomic mass is 9.80. The van der Waals surface area contributed by atoms with E-state index >= 15 is 0 Å². The Morgan fingerprint density at radius 1 is 1.32 bits per heavy atom. The van der Waals surface area contributed by atoms with Crippen molar-refractivity contribution in [1.29, 1.82) is 5.26 Å². The summed E-state index contributed by atoms with van der Waals surface area (Å²) in [5, 5.41) is 20.4. The first kappa shape index (κ1) is 17.8. The van der Waals surface area contributed by atoms with Gasteiger partial charge >= 0.3 is 6.09 Å². The second-order valence-electron chi connectivity index (χ2n) is 8.35. The van der Waals surface area contributed by atoms with E-state index in [0.29, 0.717) is 24.8 Å². The summed E-state index contributed by atoms with van der Waals surface area (Å²) < 4.78 is 5.54. The van der Waals surface area contributed by atoms with Crippen molar-refractivity contribution in [2.45, 2.75) is 76.2 Å². The number of aliphatic hydroxyl groups is 1. The zero-order valence-electron chi connectivity index (χ0n) is 15.2. The van der Waals surface area contributed by atoms with E-state index in [4.69, 9.17) is 4.74 Å². The summed E-state index contributed by atoms with van der Waals surface area (Å²) in [7, 11) is 0. The number of fused-ring (bicyclic) bond motifs is 2. The standard InChI is InChI=1S/C20H26N2O3/c1-19(2,3)25-18(23)22-16-8-9-17(22)12-20(24,11-16)10-14-6-4-5-7-15(14)13-21/h4-7,16-17,24H,8-12H2,1-3H3. The number of nitrogens with zero attached hydrogens (tertiary/aromatic N) is 2. The lowest BCUT2D eigenvalue weighted by Crippen LogP contribution is -2.55. The van der Waals surface area contributed by atoms with Crippen molar-refractivity contribution >= 4 is 6.09 Å². The quantitative estimate of drug-likeness (QED) is 0.894. The number of rotatable bonds is 2. The van der Waals surface area contributed by atoms with Crippen molar-refractivity contribution in [3.05, 3.63) is 35.4 Å². The molecular weight excluding hydrogens is 316 g/mol. The van der Waals surface area contributed by atoms with Crippen LogP contribution in [0.1, 0.15) is 57.6 Å². The maximum Gasteiger partial charge on any atom is 0.410 e. The molecule has 2 fully saturated rings. The number of ether oxygens (including phenoxy) is 1. The topological polar surface area (TPSA) is 73.6 Å². The lowest BCUT2D eigenvalue weighted by Gasteiger charge is -2.44. The number of piperidine rings is 1. The first-order chi connectivity index (χ1) is 11.7. The summed E-state index contributed by atoms with van der Waals surface area (Å²) in [4.78, 5) is 14.4. The molecule has 3 rings (SSSR count). The van der Waals surface area contributed by atoms with Gasteiger partial charge < -0.3 is 14.7 Å². The molecule has 5 heteroatoms. The third kappa shape index (κ3) is 3.80. The van der Waals surface area contributed by atoms with Crippen LogP contribution in [0.3, 0.4) is 0 Å². The number of carbonyl (C=O) groups is 1. The van der Waals surface area contributed by atoms with Crippen molar-refractivity contribution in [2.75, 3.05) is 0 Å². The summed E-state index contributed by atoms with van der Waals surface area (Å²) in [5.74, 6) is 0. The van der Waals surface area contributed by atoms with Crippen molar-refractivity contribution < 1.29 is 14.6 Å². The third-order valence-corrected chi connectivity index (χ3v) is 5.11. The maximum atomic E-state index is 12.5. The molecule has 0 aliphatic carbocycles. The van der Waals surface area contributed by atoms with Gasteiger partial charge in [-0.15, -0.1) is 0 Å². The van der Waals surface area contributed by atoms with Gasteiger partial charge in [-0.3, -0.25) is 0 Å². The molecule has 2 bridgehead atoms. The Labute approximate surface area is 149 Å². The van der Waals surface area contributed by atoms with Crippen LogP contribution in [0.5, 0.6) is 0 Å². The second-order valence-corrected chi connectivity index (χ2v) is 8.35. The Balaban J connectivity index is 1.75. The fourth-order valence-corrected chi connectivity index (χ4v) is 4.22. The van der Waals surface area contributed by atoms with Crippen LogP contribution in [0.25, 0.3) is 0 Å². The molecule has 0 spiro atoms. The van der Waals surface area contributed by atoms with Gasteiger partial charge in [0.05, 0.1) is 17.2 Å². The number of hydrogen-bond donors (Lipinski definition) is 1. The Kier molecular flexibility index (Phi) is 4.51. The smallest absolute Gasteiger partial charge is 0.410 e. The van der Waals surface area contributed by atoms with Gasteiger partial charge in [0, 0.05) is 18.5 Å². The summed E-state index contributed by atoms with van der Waals surface area (Å²) >= 11 is 0. The Morgan fingerprint density at radius 3 is 2.48 bits per heavy atom. The summed E-state index contributed by atoms with van der Waals surface area (Å²) in [5.41, 5.74) is 0.0864. The van der Waals surface area contributed by atoms with E-state index in [2.05, 4.69) is 6.07 Å². The van der Waals surface area contributed by atoms with Crippen LogP contribution in [0.4, 0.5) is 4.79 Å². The van der Waals surface area contributed by atoms with Gasteiger partial charge in [-0.2, -0.15) is 5.26 Å². The van der Waals surface area contributed by atoms with Gasteiger partial charge in [-0.25, -0.2) is 4.79 Å². The van der Waals surface area contributed by atoms with Crippen molar-refractivity contribution in [1.82, 2.24) is 4.90 Å². The summed E-state index contributed by atoms with van der Waals surface area (Å²) in [6, 6.07) is 9.62. The maximum absolute atomic E-state index is 12.5. The van der Waals surface area contributed by atoms with Crippen molar-refractivity contribution in [2.24, 2.45) is 0 Å². The van der Waals surface area contributed by atoms with Crippen LogP contribution in [0.2, 0.25) is 0 Å². The minimum atomic E-state index is -0.878. The molecule has 2 aliphatic heterocycles. The van der Waals surface area contributed by atoms with Gasteiger partial charge in [-0.05, 0) is 58.1 Å². The molecule has 2 unspecified atom stereocenters. The molecule has 1 amide bonds. The molecule has 1 aromatic rings.